The molecular weight excluding hydrogens is 238 g/mol. The lowest BCUT2D eigenvalue weighted by atomic mass is 10.1. The molecule has 4 nitrogen and oxygen atoms in total. The molecule has 3 rings (SSSR count). The van der Waals surface area contributed by atoms with Crippen molar-refractivity contribution in [1.82, 2.24) is 9.88 Å². The first-order chi connectivity index (χ1) is 9.22. The number of anilines is 1. The highest BCUT2D eigenvalue weighted by Crippen LogP contribution is 2.30. The van der Waals surface area contributed by atoms with Gasteiger partial charge in [-0.1, -0.05) is 24.3 Å². The van der Waals surface area contributed by atoms with Crippen molar-refractivity contribution >= 4 is 22.5 Å². The van der Waals surface area contributed by atoms with Crippen LogP contribution in [-0.2, 0) is 0 Å². The second-order valence-electron chi connectivity index (χ2n) is 4.93. The van der Waals surface area contributed by atoms with Crippen LogP contribution in [0.2, 0.25) is 0 Å². The average Bonchev–Trinajstić information content (AvgIpc) is 3.25. The van der Waals surface area contributed by atoms with E-state index in [2.05, 4.69) is 4.98 Å². The molecule has 1 saturated carbocycles. The van der Waals surface area contributed by atoms with Gasteiger partial charge in [-0.2, -0.15) is 0 Å². The van der Waals surface area contributed by atoms with Gasteiger partial charge in [-0.25, -0.2) is 4.98 Å². The van der Waals surface area contributed by atoms with E-state index >= 15 is 0 Å². The number of aromatic nitrogens is 1. The zero-order chi connectivity index (χ0) is 13.4. The molecule has 0 radical (unpaired) electrons. The number of hydrogen-bond acceptors (Lipinski definition) is 3. The molecular formula is C15H17N3O. The number of carbonyl (C=O) groups excluding carboxylic acids is 1. The first kappa shape index (κ1) is 12.0. The van der Waals surface area contributed by atoms with Crippen LogP contribution in [0.5, 0.6) is 0 Å². The summed E-state index contributed by atoms with van der Waals surface area (Å²) in [7, 11) is 0. The van der Waals surface area contributed by atoms with E-state index in [0.29, 0.717) is 17.4 Å². The molecule has 1 aliphatic carbocycles. The first-order valence-corrected chi connectivity index (χ1v) is 6.66. The van der Waals surface area contributed by atoms with Gasteiger partial charge in [0.15, 0.2) is 0 Å². The fourth-order valence-corrected chi connectivity index (χ4v) is 2.49. The standard InChI is InChI=1S/C15H17N3O/c1-2-18(10-7-8-10)15(19)13-9-17-14(16)12-6-4-3-5-11(12)13/h3-6,9-10H,2,7-8H2,1H3,(H2,16,17). The molecule has 0 unspecified atom stereocenters. The number of rotatable bonds is 3. The highest BCUT2D eigenvalue weighted by Gasteiger charge is 2.32. The van der Waals surface area contributed by atoms with Crippen LogP contribution >= 0.6 is 0 Å². The molecule has 1 aromatic carbocycles. The largest absolute Gasteiger partial charge is 0.383 e. The predicted octanol–water partition coefficient (Wildman–Crippen LogP) is 2.44. The lowest BCUT2D eigenvalue weighted by molar-refractivity contribution is 0.0754. The van der Waals surface area contributed by atoms with E-state index in [4.69, 9.17) is 5.73 Å². The average molecular weight is 255 g/mol. The van der Waals surface area contributed by atoms with Crippen molar-refractivity contribution in [2.75, 3.05) is 12.3 Å². The fourth-order valence-electron chi connectivity index (χ4n) is 2.49. The highest BCUT2D eigenvalue weighted by molar-refractivity contribution is 6.09. The lowest BCUT2D eigenvalue weighted by Crippen LogP contribution is -2.33. The van der Waals surface area contributed by atoms with E-state index in [-0.39, 0.29) is 5.91 Å². The number of nitrogens with zero attached hydrogens (tertiary/aromatic N) is 2. The molecule has 98 valence electrons. The van der Waals surface area contributed by atoms with Crippen LogP contribution in [0.4, 0.5) is 5.82 Å². The number of amides is 1. The molecule has 1 aromatic heterocycles. The Kier molecular flexibility index (Phi) is 2.85. The number of fused-ring (bicyclic) bond motifs is 1. The Morgan fingerprint density at radius 2 is 2.05 bits per heavy atom. The maximum Gasteiger partial charge on any atom is 0.256 e. The third-order valence-corrected chi connectivity index (χ3v) is 3.65. The van der Waals surface area contributed by atoms with Gasteiger partial charge in [0, 0.05) is 24.2 Å². The number of benzene rings is 1. The van der Waals surface area contributed by atoms with Crippen molar-refractivity contribution in [2.45, 2.75) is 25.8 Å². The van der Waals surface area contributed by atoms with Crippen LogP contribution in [0, 0.1) is 0 Å². The van der Waals surface area contributed by atoms with Crippen molar-refractivity contribution in [3.8, 4) is 0 Å². The molecule has 1 fully saturated rings. The van der Waals surface area contributed by atoms with Crippen LogP contribution in [-0.4, -0.2) is 28.4 Å². The summed E-state index contributed by atoms with van der Waals surface area (Å²) in [4.78, 5) is 18.7. The van der Waals surface area contributed by atoms with Gasteiger partial charge in [0.2, 0.25) is 0 Å². The van der Waals surface area contributed by atoms with Gasteiger partial charge >= 0.3 is 0 Å². The van der Waals surface area contributed by atoms with Gasteiger partial charge in [-0.15, -0.1) is 0 Å². The minimum Gasteiger partial charge on any atom is -0.383 e. The van der Waals surface area contributed by atoms with Gasteiger partial charge < -0.3 is 10.6 Å². The van der Waals surface area contributed by atoms with Gasteiger partial charge in [0.25, 0.3) is 5.91 Å². The zero-order valence-corrected chi connectivity index (χ0v) is 11.0. The first-order valence-electron chi connectivity index (χ1n) is 6.66. The highest BCUT2D eigenvalue weighted by atomic mass is 16.2. The molecule has 0 aliphatic heterocycles. The van der Waals surface area contributed by atoms with Gasteiger partial charge in [0.1, 0.15) is 5.82 Å². The summed E-state index contributed by atoms with van der Waals surface area (Å²) < 4.78 is 0. The number of nitrogens with two attached hydrogens (primary N) is 1. The molecule has 2 aromatic rings. The third kappa shape index (κ3) is 2.03. The van der Waals surface area contributed by atoms with Gasteiger partial charge in [-0.05, 0) is 25.2 Å². The molecule has 1 amide bonds. The summed E-state index contributed by atoms with van der Waals surface area (Å²) in [6, 6.07) is 8.08. The third-order valence-electron chi connectivity index (χ3n) is 3.65. The summed E-state index contributed by atoms with van der Waals surface area (Å²) in [5.41, 5.74) is 6.52. The Hall–Kier alpha value is -2.10. The number of hydrogen-bond donors (Lipinski definition) is 1. The second-order valence-corrected chi connectivity index (χ2v) is 4.93. The summed E-state index contributed by atoms with van der Waals surface area (Å²) in [5, 5.41) is 1.74. The van der Waals surface area contributed by atoms with Crippen LogP contribution in [0.3, 0.4) is 0 Å². The fraction of sp³-hybridized carbons (Fsp3) is 0.333. The molecule has 1 heterocycles. The predicted molar refractivity (Wildman–Crippen MR) is 75.9 cm³/mol. The van der Waals surface area contributed by atoms with E-state index in [1.165, 1.54) is 0 Å². The number of pyridine rings is 1. The molecule has 4 heteroatoms. The van der Waals surface area contributed by atoms with Crippen molar-refractivity contribution in [3.05, 3.63) is 36.0 Å². The van der Waals surface area contributed by atoms with Crippen LogP contribution in [0.15, 0.2) is 30.5 Å². The minimum atomic E-state index is 0.0636. The summed E-state index contributed by atoms with van der Waals surface area (Å²) in [5.74, 6) is 0.537. The Balaban J connectivity index is 2.09. The van der Waals surface area contributed by atoms with Crippen LogP contribution in [0.25, 0.3) is 10.8 Å². The maximum atomic E-state index is 12.6. The lowest BCUT2D eigenvalue weighted by Gasteiger charge is -2.21. The Morgan fingerprint density at radius 3 is 2.68 bits per heavy atom. The number of nitrogen functional groups attached to an aromatic ring is 1. The van der Waals surface area contributed by atoms with Crippen LogP contribution in [0.1, 0.15) is 30.1 Å². The van der Waals surface area contributed by atoms with E-state index in [0.717, 1.165) is 30.2 Å². The summed E-state index contributed by atoms with van der Waals surface area (Å²) >= 11 is 0. The SMILES string of the molecule is CCN(C(=O)c1cnc(N)c2ccccc12)C1CC1. The Labute approximate surface area is 112 Å². The van der Waals surface area contributed by atoms with Crippen molar-refractivity contribution in [3.63, 3.8) is 0 Å². The molecule has 2 N–H and O–H groups in total. The quantitative estimate of drug-likeness (QED) is 0.916. The molecule has 19 heavy (non-hydrogen) atoms. The van der Waals surface area contributed by atoms with Gasteiger partial charge in [0.05, 0.1) is 5.56 Å². The minimum absolute atomic E-state index is 0.0636. The normalized spacial score (nSPS) is 14.6. The number of carbonyl (C=O) groups is 1. The van der Waals surface area contributed by atoms with Crippen molar-refractivity contribution < 1.29 is 4.79 Å². The summed E-state index contributed by atoms with van der Waals surface area (Å²) in [6.45, 7) is 2.76. The maximum absolute atomic E-state index is 12.6. The van der Waals surface area contributed by atoms with Gasteiger partial charge in [-0.3, -0.25) is 4.79 Å². The van der Waals surface area contributed by atoms with E-state index < -0.39 is 0 Å². The monoisotopic (exact) mass is 255 g/mol. The molecule has 0 atom stereocenters. The smallest absolute Gasteiger partial charge is 0.256 e. The molecule has 0 bridgehead atoms. The summed E-state index contributed by atoms with van der Waals surface area (Å²) in [6.07, 6.45) is 3.82. The topological polar surface area (TPSA) is 59.2 Å². The van der Waals surface area contributed by atoms with E-state index in [9.17, 15) is 4.79 Å². The van der Waals surface area contributed by atoms with E-state index in [1.54, 1.807) is 6.20 Å². The Morgan fingerprint density at radius 1 is 1.37 bits per heavy atom. The molecule has 1 aliphatic rings. The second kappa shape index (κ2) is 4.53. The molecule has 0 spiro atoms. The Bertz CT molecular complexity index is 634. The van der Waals surface area contributed by atoms with Crippen molar-refractivity contribution in [2.24, 2.45) is 0 Å². The van der Waals surface area contributed by atoms with Crippen molar-refractivity contribution in [1.29, 1.82) is 0 Å². The van der Waals surface area contributed by atoms with Crippen LogP contribution < -0.4 is 5.73 Å². The molecule has 0 saturated heterocycles. The van der Waals surface area contributed by atoms with E-state index in [1.807, 2.05) is 36.1 Å². The zero-order valence-electron chi connectivity index (χ0n) is 11.0.